The van der Waals surface area contributed by atoms with E-state index in [2.05, 4.69) is 15.4 Å². The van der Waals surface area contributed by atoms with Crippen molar-refractivity contribution in [2.75, 3.05) is 5.32 Å². The van der Waals surface area contributed by atoms with Crippen LogP contribution in [0.15, 0.2) is 42.7 Å². The molecular formula is C14H8ClF3N4O. The third kappa shape index (κ3) is 2.98. The lowest BCUT2D eigenvalue weighted by atomic mass is 10.2. The monoisotopic (exact) mass is 340 g/mol. The summed E-state index contributed by atoms with van der Waals surface area (Å²) >= 11 is 6.04. The Kier molecular flexibility index (Phi) is 3.69. The zero-order valence-electron chi connectivity index (χ0n) is 11.3. The van der Waals surface area contributed by atoms with E-state index in [4.69, 9.17) is 11.6 Å². The topological polar surface area (TPSA) is 59.3 Å². The summed E-state index contributed by atoms with van der Waals surface area (Å²) in [5.41, 5.74) is -0.713. The molecule has 0 aliphatic heterocycles. The predicted molar refractivity (Wildman–Crippen MR) is 77.4 cm³/mol. The number of rotatable bonds is 2. The van der Waals surface area contributed by atoms with Gasteiger partial charge in [-0.1, -0.05) is 17.7 Å². The molecule has 0 aliphatic carbocycles. The highest BCUT2D eigenvalue weighted by Crippen LogP contribution is 2.31. The van der Waals surface area contributed by atoms with Gasteiger partial charge in [-0.2, -0.15) is 18.3 Å². The van der Waals surface area contributed by atoms with Crippen molar-refractivity contribution in [3.63, 3.8) is 0 Å². The highest BCUT2D eigenvalue weighted by Gasteiger charge is 2.30. The summed E-state index contributed by atoms with van der Waals surface area (Å²) in [7, 11) is 0. The lowest BCUT2D eigenvalue weighted by Gasteiger charge is -2.09. The summed E-state index contributed by atoms with van der Waals surface area (Å²) in [5, 5.41) is 6.34. The van der Waals surface area contributed by atoms with Gasteiger partial charge in [-0.05, 0) is 24.3 Å². The Hall–Kier alpha value is -2.61. The molecule has 118 valence electrons. The number of carbonyl (C=O) groups excluding carboxylic acids is 1. The van der Waals surface area contributed by atoms with Crippen molar-refractivity contribution in [2.45, 2.75) is 6.18 Å². The van der Waals surface area contributed by atoms with Gasteiger partial charge in [-0.25, -0.2) is 9.50 Å². The minimum absolute atomic E-state index is 0.00842. The Morgan fingerprint density at radius 2 is 2.04 bits per heavy atom. The summed E-state index contributed by atoms with van der Waals surface area (Å²) < 4.78 is 39.3. The lowest BCUT2D eigenvalue weighted by molar-refractivity contribution is -0.137. The first kappa shape index (κ1) is 15.3. The van der Waals surface area contributed by atoms with Crippen molar-refractivity contribution in [1.29, 1.82) is 0 Å². The Bertz CT molecular complexity index is 891. The van der Waals surface area contributed by atoms with Crippen LogP contribution in [-0.2, 0) is 6.18 Å². The zero-order chi connectivity index (χ0) is 16.6. The van der Waals surface area contributed by atoms with Crippen LogP contribution in [0.25, 0.3) is 5.65 Å². The van der Waals surface area contributed by atoms with Crippen LogP contribution < -0.4 is 5.32 Å². The van der Waals surface area contributed by atoms with Crippen LogP contribution in [0.5, 0.6) is 0 Å². The largest absolute Gasteiger partial charge is 0.416 e. The first-order valence-electron chi connectivity index (χ1n) is 6.34. The van der Waals surface area contributed by atoms with Crippen LogP contribution >= 0.6 is 11.6 Å². The van der Waals surface area contributed by atoms with Crippen LogP contribution in [0.4, 0.5) is 18.9 Å². The smallest absolute Gasteiger partial charge is 0.321 e. The molecule has 3 rings (SSSR count). The summed E-state index contributed by atoms with van der Waals surface area (Å²) in [6.07, 6.45) is -1.46. The summed E-state index contributed by atoms with van der Waals surface area (Å²) in [6.45, 7) is 0. The third-order valence-electron chi connectivity index (χ3n) is 3.00. The average Bonchev–Trinajstić information content (AvgIpc) is 2.84. The van der Waals surface area contributed by atoms with E-state index in [9.17, 15) is 18.0 Å². The molecule has 0 unspecified atom stereocenters. The number of benzene rings is 1. The molecule has 2 aromatic heterocycles. The van der Waals surface area contributed by atoms with Crippen molar-refractivity contribution in [3.8, 4) is 0 Å². The molecule has 2 heterocycles. The van der Waals surface area contributed by atoms with E-state index in [1.807, 2.05) is 0 Å². The predicted octanol–water partition coefficient (Wildman–Crippen LogP) is 3.65. The molecule has 0 fully saturated rings. The second-order valence-electron chi connectivity index (χ2n) is 4.58. The van der Waals surface area contributed by atoms with Gasteiger partial charge in [-0.3, -0.25) is 4.79 Å². The molecule has 1 aromatic carbocycles. The number of nitrogens with one attached hydrogen (secondary N) is 1. The molecular weight excluding hydrogens is 333 g/mol. The highest BCUT2D eigenvalue weighted by molar-refractivity contribution is 6.37. The first-order valence-corrected chi connectivity index (χ1v) is 6.71. The van der Waals surface area contributed by atoms with Crippen LogP contribution in [0.2, 0.25) is 5.02 Å². The molecule has 1 N–H and O–H groups in total. The van der Waals surface area contributed by atoms with Crippen LogP contribution in [0, 0.1) is 0 Å². The summed E-state index contributed by atoms with van der Waals surface area (Å²) in [5.74, 6) is -0.722. The van der Waals surface area contributed by atoms with Crippen molar-refractivity contribution >= 4 is 28.8 Å². The maximum Gasteiger partial charge on any atom is 0.416 e. The van der Waals surface area contributed by atoms with Gasteiger partial charge in [0.05, 0.1) is 5.56 Å². The Morgan fingerprint density at radius 3 is 2.74 bits per heavy atom. The molecule has 3 aromatic rings. The molecule has 0 spiro atoms. The maximum absolute atomic E-state index is 12.7. The van der Waals surface area contributed by atoms with E-state index in [0.29, 0.717) is 0 Å². The molecule has 0 atom stereocenters. The molecule has 0 saturated carbocycles. The van der Waals surface area contributed by atoms with E-state index in [-0.39, 0.29) is 22.1 Å². The number of alkyl halides is 3. The number of fused-ring (bicyclic) bond motifs is 1. The standard InChI is InChI=1S/C14H8ClF3N4O/c15-10-11(21-22-6-2-5-19-12(10)22)13(23)20-9-4-1-3-8(7-9)14(16,17)18/h1-7H,(H,20,23). The van der Waals surface area contributed by atoms with E-state index >= 15 is 0 Å². The van der Waals surface area contributed by atoms with Gasteiger partial charge in [-0.15, -0.1) is 0 Å². The van der Waals surface area contributed by atoms with Crippen molar-refractivity contribution in [3.05, 3.63) is 59.0 Å². The first-order chi connectivity index (χ1) is 10.9. The Labute approximate surface area is 132 Å². The minimum Gasteiger partial charge on any atom is -0.321 e. The molecule has 1 amide bonds. The van der Waals surface area contributed by atoms with Crippen LogP contribution in [-0.4, -0.2) is 20.5 Å². The number of nitrogens with zero attached hydrogens (tertiary/aromatic N) is 3. The molecule has 0 bridgehead atoms. The van der Waals surface area contributed by atoms with Crippen LogP contribution in [0.1, 0.15) is 16.1 Å². The van der Waals surface area contributed by atoms with Gasteiger partial charge < -0.3 is 5.32 Å². The van der Waals surface area contributed by atoms with Gasteiger partial charge in [0, 0.05) is 18.1 Å². The van der Waals surface area contributed by atoms with Gasteiger partial charge in [0.2, 0.25) is 0 Å². The third-order valence-corrected chi connectivity index (χ3v) is 3.35. The second kappa shape index (κ2) is 5.54. The average molecular weight is 341 g/mol. The fourth-order valence-corrected chi connectivity index (χ4v) is 2.23. The van der Waals surface area contributed by atoms with Crippen LogP contribution in [0.3, 0.4) is 0 Å². The number of carbonyl (C=O) groups is 1. The summed E-state index contributed by atoms with van der Waals surface area (Å²) in [6, 6.07) is 5.89. The van der Waals surface area contributed by atoms with Crippen molar-refractivity contribution in [2.24, 2.45) is 0 Å². The fraction of sp³-hybridized carbons (Fsp3) is 0.0714. The number of amides is 1. The molecule has 0 saturated heterocycles. The molecule has 23 heavy (non-hydrogen) atoms. The van der Waals surface area contributed by atoms with E-state index in [1.165, 1.54) is 22.8 Å². The second-order valence-corrected chi connectivity index (χ2v) is 4.96. The van der Waals surface area contributed by atoms with E-state index in [0.717, 1.165) is 12.1 Å². The summed E-state index contributed by atoms with van der Waals surface area (Å²) in [4.78, 5) is 16.2. The highest BCUT2D eigenvalue weighted by atomic mass is 35.5. The quantitative estimate of drug-likeness (QED) is 0.774. The van der Waals surface area contributed by atoms with Gasteiger partial charge >= 0.3 is 6.18 Å². The number of anilines is 1. The number of hydrogen-bond acceptors (Lipinski definition) is 3. The van der Waals surface area contributed by atoms with E-state index < -0.39 is 17.6 Å². The van der Waals surface area contributed by atoms with Crippen molar-refractivity contribution in [1.82, 2.24) is 14.6 Å². The fourth-order valence-electron chi connectivity index (χ4n) is 1.97. The normalized spacial score (nSPS) is 11.7. The van der Waals surface area contributed by atoms with Crippen molar-refractivity contribution < 1.29 is 18.0 Å². The molecule has 0 aliphatic rings. The van der Waals surface area contributed by atoms with Gasteiger partial charge in [0.1, 0.15) is 5.02 Å². The number of halogens is 4. The lowest BCUT2D eigenvalue weighted by Crippen LogP contribution is -2.14. The van der Waals surface area contributed by atoms with Gasteiger partial charge in [0.25, 0.3) is 5.91 Å². The number of aromatic nitrogens is 3. The Balaban J connectivity index is 1.91. The SMILES string of the molecule is O=C(Nc1cccc(C(F)(F)F)c1)c1nn2cccnc2c1Cl. The molecule has 5 nitrogen and oxygen atoms in total. The Morgan fingerprint density at radius 1 is 1.26 bits per heavy atom. The number of hydrogen-bond donors (Lipinski definition) is 1. The van der Waals surface area contributed by atoms with Gasteiger partial charge in [0.15, 0.2) is 11.3 Å². The maximum atomic E-state index is 12.7. The molecule has 0 radical (unpaired) electrons. The minimum atomic E-state index is -4.49. The van der Waals surface area contributed by atoms with E-state index in [1.54, 1.807) is 12.3 Å². The zero-order valence-corrected chi connectivity index (χ0v) is 12.1. The molecule has 9 heteroatoms.